The van der Waals surface area contributed by atoms with Crippen LogP contribution >= 0.6 is 0 Å². The molecule has 0 spiro atoms. The molecule has 6 aliphatic carbocycles. The molecule has 2 nitrogen and oxygen atoms in total. The zero-order valence-corrected chi connectivity index (χ0v) is 18.5. The van der Waals surface area contributed by atoms with Crippen LogP contribution in [0, 0.1) is 82.9 Å². The van der Waals surface area contributed by atoms with Crippen LogP contribution in [0.5, 0.6) is 0 Å². The highest BCUT2D eigenvalue weighted by Crippen LogP contribution is 2.78. The Morgan fingerprint density at radius 2 is 1.31 bits per heavy atom. The zero-order chi connectivity index (χ0) is 19.4. The van der Waals surface area contributed by atoms with Crippen molar-refractivity contribution in [2.24, 2.45) is 82.9 Å². The molecule has 2 saturated heterocycles. The Labute approximate surface area is 176 Å². The van der Waals surface area contributed by atoms with Gasteiger partial charge in [-0.15, -0.1) is 0 Å². The van der Waals surface area contributed by atoms with E-state index in [-0.39, 0.29) is 5.60 Å². The van der Waals surface area contributed by atoms with E-state index in [0.29, 0.717) is 12.2 Å². The van der Waals surface area contributed by atoms with E-state index in [1.165, 1.54) is 12.8 Å². The van der Waals surface area contributed by atoms with E-state index in [9.17, 15) is 0 Å². The molecule has 2 heteroatoms. The third kappa shape index (κ3) is 1.87. The van der Waals surface area contributed by atoms with Gasteiger partial charge in [-0.25, -0.2) is 0 Å². The fraction of sp³-hybridized carbons (Fsp3) is 0.926. The van der Waals surface area contributed by atoms with Crippen molar-refractivity contribution >= 4 is 0 Å². The van der Waals surface area contributed by atoms with Crippen LogP contribution in [0.2, 0.25) is 0 Å². The SMILES string of the molecule is CC1C(COC(C)(C)C)C2CC1C1C3OC(C21)C1C2CC(C4C5C=CC(C5)C24)C31. The minimum absolute atomic E-state index is 0.00778. The van der Waals surface area contributed by atoms with Gasteiger partial charge in [-0.2, -0.15) is 0 Å². The lowest BCUT2D eigenvalue weighted by molar-refractivity contribution is -0.0654. The van der Waals surface area contributed by atoms with Crippen LogP contribution in [0.25, 0.3) is 0 Å². The van der Waals surface area contributed by atoms with Gasteiger partial charge in [-0.05, 0) is 123 Å². The maximum atomic E-state index is 7.00. The molecular formula is C27H38O2. The van der Waals surface area contributed by atoms with Gasteiger partial charge in [0, 0.05) is 0 Å². The van der Waals surface area contributed by atoms with Crippen molar-refractivity contribution < 1.29 is 9.47 Å². The van der Waals surface area contributed by atoms with E-state index in [0.717, 1.165) is 89.5 Å². The molecule has 8 aliphatic rings. The Morgan fingerprint density at radius 3 is 1.93 bits per heavy atom. The van der Waals surface area contributed by atoms with Crippen molar-refractivity contribution in [1.29, 1.82) is 0 Å². The summed E-state index contributed by atoms with van der Waals surface area (Å²) >= 11 is 0. The maximum absolute atomic E-state index is 7.00. The normalized spacial score (nSPS) is 66.9. The van der Waals surface area contributed by atoms with Crippen molar-refractivity contribution in [3.05, 3.63) is 12.2 Å². The summed E-state index contributed by atoms with van der Waals surface area (Å²) in [6.07, 6.45) is 11.0. The molecule has 16 unspecified atom stereocenters. The molecule has 7 fully saturated rings. The highest BCUT2D eigenvalue weighted by Gasteiger charge is 2.77. The summed E-state index contributed by atoms with van der Waals surface area (Å²) in [6, 6.07) is 0. The minimum Gasteiger partial charge on any atom is -0.376 e. The lowest BCUT2D eigenvalue weighted by Gasteiger charge is -2.49. The summed E-state index contributed by atoms with van der Waals surface area (Å²) in [5.74, 6) is 13.0. The number of allylic oxidation sites excluding steroid dienone is 2. The third-order valence-electron chi connectivity index (χ3n) is 12.0. The Morgan fingerprint density at radius 1 is 0.759 bits per heavy atom. The van der Waals surface area contributed by atoms with Crippen LogP contribution < -0.4 is 0 Å². The van der Waals surface area contributed by atoms with Crippen molar-refractivity contribution in [2.45, 2.75) is 64.8 Å². The summed E-state index contributed by atoms with van der Waals surface area (Å²) in [7, 11) is 0. The van der Waals surface area contributed by atoms with E-state index in [1.807, 2.05) is 0 Å². The van der Waals surface area contributed by atoms with Gasteiger partial charge in [0.2, 0.25) is 0 Å². The molecule has 5 saturated carbocycles. The van der Waals surface area contributed by atoms with Gasteiger partial charge >= 0.3 is 0 Å². The zero-order valence-electron chi connectivity index (χ0n) is 18.5. The first-order chi connectivity index (χ1) is 13.9. The summed E-state index contributed by atoms with van der Waals surface area (Å²) in [5.41, 5.74) is -0.00778. The molecule has 29 heavy (non-hydrogen) atoms. The largest absolute Gasteiger partial charge is 0.376 e. The van der Waals surface area contributed by atoms with E-state index < -0.39 is 0 Å². The molecule has 8 bridgehead atoms. The van der Waals surface area contributed by atoms with Crippen molar-refractivity contribution in [3.63, 3.8) is 0 Å². The van der Waals surface area contributed by atoms with Gasteiger partial charge in [-0.3, -0.25) is 0 Å². The van der Waals surface area contributed by atoms with Crippen LogP contribution in [0.4, 0.5) is 0 Å². The molecule has 2 aliphatic heterocycles. The summed E-state index contributed by atoms with van der Waals surface area (Å²) in [5, 5.41) is 0. The molecule has 0 amide bonds. The van der Waals surface area contributed by atoms with Crippen LogP contribution in [0.15, 0.2) is 12.2 Å². The first-order valence-corrected chi connectivity index (χ1v) is 12.9. The number of hydrogen-bond donors (Lipinski definition) is 0. The predicted octanol–water partition coefficient (Wildman–Crippen LogP) is 5.04. The second-order valence-electron chi connectivity index (χ2n) is 13.6. The number of fused-ring (bicyclic) bond motifs is 23. The third-order valence-corrected chi connectivity index (χ3v) is 12.0. The van der Waals surface area contributed by atoms with Gasteiger partial charge in [0.1, 0.15) is 0 Å². The lowest BCUT2D eigenvalue weighted by atomic mass is 9.53. The molecular weight excluding hydrogens is 356 g/mol. The van der Waals surface area contributed by atoms with Gasteiger partial charge < -0.3 is 9.47 Å². The van der Waals surface area contributed by atoms with Crippen LogP contribution in [-0.2, 0) is 9.47 Å². The maximum Gasteiger partial charge on any atom is 0.0648 e. The van der Waals surface area contributed by atoms with Crippen LogP contribution in [0.3, 0.4) is 0 Å². The van der Waals surface area contributed by atoms with Gasteiger partial charge in [0.05, 0.1) is 24.4 Å². The van der Waals surface area contributed by atoms with Gasteiger partial charge in [0.15, 0.2) is 0 Å². The summed E-state index contributed by atoms with van der Waals surface area (Å²) < 4.78 is 13.3. The average molecular weight is 395 g/mol. The van der Waals surface area contributed by atoms with E-state index in [1.54, 1.807) is 6.42 Å². The quantitative estimate of drug-likeness (QED) is 0.483. The smallest absolute Gasteiger partial charge is 0.0648 e. The van der Waals surface area contributed by atoms with Crippen molar-refractivity contribution in [1.82, 2.24) is 0 Å². The first-order valence-electron chi connectivity index (χ1n) is 12.9. The highest BCUT2D eigenvalue weighted by atomic mass is 16.5. The lowest BCUT2D eigenvalue weighted by Crippen LogP contribution is -2.51. The Bertz CT molecular complexity index is 780. The number of hydrogen-bond acceptors (Lipinski definition) is 2. The van der Waals surface area contributed by atoms with Gasteiger partial charge in [0.25, 0.3) is 0 Å². The standard InChI is InChI=1S/C27H38O2/c1-11-14-8-15(18(11)10-28-27(2,3)4)22-21(14)25-23-16-9-17(24(23)26(22)29-25)20-13-6-5-12(7-13)19(16)20/h5-6,11-26H,7-10H2,1-4H3. The number of ether oxygens (including phenoxy) is 2. The molecule has 158 valence electrons. The van der Waals surface area contributed by atoms with Crippen LogP contribution in [-0.4, -0.2) is 24.4 Å². The van der Waals surface area contributed by atoms with Gasteiger partial charge in [-0.1, -0.05) is 19.1 Å². The molecule has 8 rings (SSSR count). The fourth-order valence-corrected chi connectivity index (χ4v) is 11.6. The van der Waals surface area contributed by atoms with E-state index in [2.05, 4.69) is 39.8 Å². The second kappa shape index (κ2) is 5.17. The fourth-order valence-electron chi connectivity index (χ4n) is 11.6. The molecule has 0 N–H and O–H groups in total. The highest BCUT2D eigenvalue weighted by molar-refractivity contribution is 5.28. The molecule has 0 aromatic rings. The minimum atomic E-state index is -0.00778. The van der Waals surface area contributed by atoms with E-state index >= 15 is 0 Å². The number of rotatable bonds is 2. The summed E-state index contributed by atoms with van der Waals surface area (Å²) in [6.45, 7) is 10.2. The topological polar surface area (TPSA) is 18.5 Å². The Hall–Kier alpha value is -0.340. The first kappa shape index (κ1) is 17.2. The van der Waals surface area contributed by atoms with Crippen molar-refractivity contribution in [3.8, 4) is 0 Å². The molecule has 0 aromatic carbocycles. The summed E-state index contributed by atoms with van der Waals surface area (Å²) in [4.78, 5) is 0. The molecule has 0 aromatic heterocycles. The van der Waals surface area contributed by atoms with E-state index in [4.69, 9.17) is 9.47 Å². The molecule has 2 heterocycles. The molecule has 16 atom stereocenters. The second-order valence-corrected chi connectivity index (χ2v) is 13.6. The average Bonchev–Trinajstić information content (AvgIpc) is 3.50. The predicted molar refractivity (Wildman–Crippen MR) is 112 cm³/mol. The Kier molecular flexibility index (Phi) is 3.07. The van der Waals surface area contributed by atoms with Crippen molar-refractivity contribution in [2.75, 3.05) is 6.61 Å². The van der Waals surface area contributed by atoms with Crippen LogP contribution in [0.1, 0.15) is 47.0 Å². The monoisotopic (exact) mass is 394 g/mol. The Balaban J connectivity index is 1.11. The molecule has 0 radical (unpaired) electrons.